The number of carbonyl (C=O) groups excluding carboxylic acids is 1. The van der Waals surface area contributed by atoms with E-state index in [1.807, 2.05) is 32.0 Å². The van der Waals surface area contributed by atoms with Crippen LogP contribution in [0, 0.1) is 0 Å². The first-order valence-corrected chi connectivity index (χ1v) is 15.1. The van der Waals surface area contributed by atoms with Crippen LogP contribution in [-0.2, 0) is 10.0 Å². The predicted molar refractivity (Wildman–Crippen MR) is 151 cm³/mol. The van der Waals surface area contributed by atoms with E-state index in [1.165, 1.54) is 27.8 Å². The van der Waals surface area contributed by atoms with E-state index in [4.69, 9.17) is 9.72 Å². The molecule has 1 amide bonds. The molecule has 0 aliphatic heterocycles. The fourth-order valence-electron chi connectivity index (χ4n) is 4.13. The number of carbonyl (C=O) groups is 1. The summed E-state index contributed by atoms with van der Waals surface area (Å²) >= 11 is 1.45. The van der Waals surface area contributed by atoms with Crippen molar-refractivity contribution in [3.63, 3.8) is 0 Å². The molecule has 202 valence electrons. The average molecular weight is 547 g/mol. The van der Waals surface area contributed by atoms with Crippen LogP contribution >= 0.6 is 11.3 Å². The Balaban J connectivity index is 1.93. The first-order valence-electron chi connectivity index (χ1n) is 12.9. The highest BCUT2D eigenvalue weighted by Gasteiger charge is 2.25. The van der Waals surface area contributed by atoms with Crippen molar-refractivity contribution < 1.29 is 17.9 Å². The largest absolute Gasteiger partial charge is 0.497 e. The van der Waals surface area contributed by atoms with Crippen molar-refractivity contribution in [2.45, 2.75) is 45.4 Å². The minimum Gasteiger partial charge on any atom is -0.497 e. The van der Waals surface area contributed by atoms with Gasteiger partial charge in [-0.2, -0.15) is 4.31 Å². The quantitative estimate of drug-likeness (QED) is 0.280. The van der Waals surface area contributed by atoms with Crippen molar-refractivity contribution in [3.05, 3.63) is 48.0 Å². The van der Waals surface area contributed by atoms with Crippen LogP contribution in [0.25, 0.3) is 10.2 Å². The molecule has 0 aliphatic rings. The molecule has 3 aromatic rings. The molecule has 0 radical (unpaired) electrons. The number of aromatic nitrogens is 1. The lowest BCUT2D eigenvalue weighted by Gasteiger charge is -2.25. The Hall–Kier alpha value is -2.53. The van der Waals surface area contributed by atoms with E-state index in [2.05, 4.69) is 18.7 Å². The highest BCUT2D eigenvalue weighted by Crippen LogP contribution is 2.32. The first-order chi connectivity index (χ1) is 17.8. The number of sulfonamides is 1. The monoisotopic (exact) mass is 546 g/mol. The summed E-state index contributed by atoms with van der Waals surface area (Å²) in [7, 11) is -2.00. The van der Waals surface area contributed by atoms with Gasteiger partial charge in [0, 0.05) is 37.8 Å². The molecule has 0 bridgehead atoms. The second-order valence-electron chi connectivity index (χ2n) is 8.74. The van der Waals surface area contributed by atoms with E-state index in [1.54, 1.807) is 24.1 Å². The van der Waals surface area contributed by atoms with Gasteiger partial charge < -0.3 is 9.64 Å². The van der Waals surface area contributed by atoms with E-state index in [9.17, 15) is 13.2 Å². The minimum absolute atomic E-state index is 0.202. The molecule has 1 aromatic heterocycles. The van der Waals surface area contributed by atoms with Crippen molar-refractivity contribution in [3.8, 4) is 5.75 Å². The normalized spacial score (nSPS) is 12.0. The van der Waals surface area contributed by atoms with Gasteiger partial charge in [0.25, 0.3) is 5.91 Å². The molecule has 2 aromatic carbocycles. The van der Waals surface area contributed by atoms with E-state index in [0.717, 1.165) is 36.1 Å². The molecule has 0 N–H and O–H groups in total. The maximum Gasteiger partial charge on any atom is 0.260 e. The van der Waals surface area contributed by atoms with Gasteiger partial charge in [-0.3, -0.25) is 9.69 Å². The van der Waals surface area contributed by atoms with Gasteiger partial charge in [0.15, 0.2) is 5.13 Å². The smallest absolute Gasteiger partial charge is 0.260 e. The molecule has 0 fully saturated rings. The van der Waals surface area contributed by atoms with Crippen LogP contribution in [0.2, 0.25) is 0 Å². The van der Waals surface area contributed by atoms with E-state index >= 15 is 0 Å². The molecule has 8 nitrogen and oxygen atoms in total. The van der Waals surface area contributed by atoms with Gasteiger partial charge in [0.1, 0.15) is 5.75 Å². The number of thiazole rings is 1. The molecule has 10 heteroatoms. The summed E-state index contributed by atoms with van der Waals surface area (Å²) in [5.41, 5.74) is 1.20. The first kappa shape index (κ1) is 29.0. The van der Waals surface area contributed by atoms with Gasteiger partial charge in [0.05, 0.1) is 22.2 Å². The fraction of sp³-hybridized carbons (Fsp3) is 0.481. The number of hydrogen-bond donors (Lipinski definition) is 0. The summed E-state index contributed by atoms with van der Waals surface area (Å²) in [6, 6.07) is 12.0. The third-order valence-corrected chi connectivity index (χ3v) is 9.25. The topological polar surface area (TPSA) is 83.1 Å². The molecular weight excluding hydrogens is 508 g/mol. The Bertz CT molecular complexity index is 1270. The molecule has 3 rings (SSSR count). The SMILES string of the molecule is CCCN(CCC)S(=O)(=O)c1ccc(C(=O)N(CCN(CC)CC)c2nc3cc(OC)ccc3s2)cc1. The number of nitrogens with zero attached hydrogens (tertiary/aromatic N) is 4. The van der Waals surface area contributed by atoms with Gasteiger partial charge in [-0.05, 0) is 62.3 Å². The summed E-state index contributed by atoms with van der Waals surface area (Å²) in [6.45, 7) is 12.0. The van der Waals surface area contributed by atoms with Gasteiger partial charge in [0.2, 0.25) is 10.0 Å². The fourth-order valence-corrected chi connectivity index (χ4v) is 6.72. The van der Waals surface area contributed by atoms with E-state index < -0.39 is 10.0 Å². The van der Waals surface area contributed by atoms with Crippen LogP contribution in [0.3, 0.4) is 0 Å². The molecule has 0 saturated carbocycles. The summed E-state index contributed by atoms with van der Waals surface area (Å²) < 4.78 is 34.1. The summed E-state index contributed by atoms with van der Waals surface area (Å²) in [4.78, 5) is 22.6. The maximum atomic E-state index is 13.7. The molecule has 37 heavy (non-hydrogen) atoms. The van der Waals surface area contributed by atoms with Crippen molar-refractivity contribution in [2.75, 3.05) is 51.3 Å². The number of hydrogen-bond acceptors (Lipinski definition) is 7. The molecule has 1 heterocycles. The van der Waals surface area contributed by atoms with Crippen LogP contribution in [0.1, 0.15) is 50.9 Å². The lowest BCUT2D eigenvalue weighted by Crippen LogP contribution is -2.39. The number of ether oxygens (including phenoxy) is 1. The highest BCUT2D eigenvalue weighted by atomic mass is 32.2. The number of rotatable bonds is 14. The average Bonchev–Trinajstić information content (AvgIpc) is 3.33. The number of fused-ring (bicyclic) bond motifs is 1. The Labute approximate surface area is 224 Å². The predicted octanol–water partition coefficient (Wildman–Crippen LogP) is 5.10. The van der Waals surface area contributed by atoms with E-state index in [-0.39, 0.29) is 10.8 Å². The zero-order valence-corrected chi connectivity index (χ0v) is 24.1. The van der Waals surface area contributed by atoms with Gasteiger partial charge in [-0.1, -0.05) is 39.0 Å². The van der Waals surface area contributed by atoms with Crippen LogP contribution in [-0.4, -0.2) is 74.9 Å². The van der Waals surface area contributed by atoms with Crippen molar-refractivity contribution in [1.82, 2.24) is 14.2 Å². The standard InChI is InChI=1S/C27H38N4O4S2/c1-6-16-30(17-7-2)37(33,34)23-13-10-21(11-14-23)26(32)31(19-18-29(8-3)9-4)27-28-24-20-22(35-5)12-15-25(24)36-27/h10-15,20H,6-9,16-19H2,1-5H3. The lowest BCUT2D eigenvalue weighted by molar-refractivity contribution is 0.0983. The third kappa shape index (κ3) is 6.87. The number of benzene rings is 2. The van der Waals surface area contributed by atoms with Gasteiger partial charge >= 0.3 is 0 Å². The Morgan fingerprint density at radius 2 is 1.57 bits per heavy atom. The highest BCUT2D eigenvalue weighted by molar-refractivity contribution is 7.89. The van der Waals surface area contributed by atoms with Gasteiger partial charge in [-0.15, -0.1) is 0 Å². The Kier molecular flexibility index (Phi) is 10.5. The Morgan fingerprint density at radius 3 is 2.14 bits per heavy atom. The van der Waals surface area contributed by atoms with Gasteiger partial charge in [-0.25, -0.2) is 13.4 Å². The lowest BCUT2D eigenvalue weighted by atomic mass is 10.2. The maximum absolute atomic E-state index is 13.7. The summed E-state index contributed by atoms with van der Waals surface area (Å²) in [5.74, 6) is 0.503. The number of amides is 1. The molecule has 0 unspecified atom stereocenters. The second kappa shape index (κ2) is 13.3. The van der Waals surface area contributed by atoms with Crippen LogP contribution in [0.15, 0.2) is 47.4 Å². The van der Waals surface area contributed by atoms with Crippen molar-refractivity contribution >= 4 is 42.6 Å². The van der Waals surface area contributed by atoms with Crippen molar-refractivity contribution in [1.29, 1.82) is 0 Å². The zero-order valence-electron chi connectivity index (χ0n) is 22.4. The Morgan fingerprint density at radius 1 is 0.919 bits per heavy atom. The van der Waals surface area contributed by atoms with E-state index in [0.29, 0.717) is 42.6 Å². The number of likely N-dealkylation sites (N-methyl/N-ethyl adjacent to an activating group) is 1. The van der Waals surface area contributed by atoms with Crippen LogP contribution in [0.4, 0.5) is 5.13 Å². The molecular formula is C27H38N4O4S2. The zero-order chi connectivity index (χ0) is 27.0. The summed E-state index contributed by atoms with van der Waals surface area (Å²) in [6.07, 6.45) is 1.48. The summed E-state index contributed by atoms with van der Waals surface area (Å²) in [5, 5.41) is 0.606. The van der Waals surface area contributed by atoms with Crippen LogP contribution < -0.4 is 9.64 Å². The molecule has 0 aliphatic carbocycles. The molecule has 0 atom stereocenters. The number of anilines is 1. The molecule has 0 spiro atoms. The minimum atomic E-state index is -3.61. The van der Waals surface area contributed by atoms with Crippen molar-refractivity contribution in [2.24, 2.45) is 0 Å². The third-order valence-electron chi connectivity index (χ3n) is 6.28. The number of methoxy groups -OCH3 is 1. The molecule has 0 saturated heterocycles. The second-order valence-corrected chi connectivity index (χ2v) is 11.7. The van der Waals surface area contributed by atoms with Crippen LogP contribution in [0.5, 0.6) is 5.75 Å².